The highest BCUT2D eigenvalue weighted by molar-refractivity contribution is 7.89. The second-order valence-corrected chi connectivity index (χ2v) is 7.70. The van der Waals surface area contributed by atoms with Crippen molar-refractivity contribution < 1.29 is 12.8 Å². The number of nitrogens with two attached hydrogens (primary N) is 1. The summed E-state index contributed by atoms with van der Waals surface area (Å²) in [6, 6.07) is 5.32. The fourth-order valence-electron chi connectivity index (χ4n) is 2.07. The van der Waals surface area contributed by atoms with Gasteiger partial charge in [0.05, 0.1) is 17.7 Å². The Morgan fingerprint density at radius 3 is 2.80 bits per heavy atom. The third kappa shape index (κ3) is 2.67. The quantitative estimate of drug-likeness (QED) is 0.886. The van der Waals surface area contributed by atoms with Crippen molar-refractivity contribution >= 4 is 21.4 Å². The van der Waals surface area contributed by atoms with E-state index in [-0.39, 0.29) is 12.6 Å². The molecule has 108 valence electrons. The fourth-order valence-corrected chi connectivity index (χ4v) is 4.86. The molecule has 2 aromatic heterocycles. The molecular weight excluding hydrogens is 296 g/mol. The lowest BCUT2D eigenvalue weighted by molar-refractivity contribution is 0.357. The van der Waals surface area contributed by atoms with Gasteiger partial charge < -0.3 is 10.2 Å². The van der Waals surface area contributed by atoms with Crippen LogP contribution in [0.15, 0.2) is 39.2 Å². The maximum absolute atomic E-state index is 12.7. The van der Waals surface area contributed by atoms with Crippen molar-refractivity contribution in [1.29, 1.82) is 0 Å². The topological polar surface area (TPSA) is 76.5 Å². The van der Waals surface area contributed by atoms with E-state index in [1.54, 1.807) is 29.8 Å². The minimum atomic E-state index is -3.47. The van der Waals surface area contributed by atoms with Gasteiger partial charge in [0, 0.05) is 22.8 Å². The summed E-state index contributed by atoms with van der Waals surface area (Å²) in [7, 11) is -3.47. The van der Waals surface area contributed by atoms with E-state index in [1.807, 2.05) is 0 Å². The number of hydrogen-bond acceptors (Lipinski definition) is 5. The number of nitrogens with zero attached hydrogens (tertiary/aromatic N) is 1. The molecule has 1 fully saturated rings. The van der Waals surface area contributed by atoms with Crippen LogP contribution < -0.4 is 5.73 Å². The van der Waals surface area contributed by atoms with Crippen LogP contribution in [-0.2, 0) is 23.1 Å². The predicted octanol–water partition coefficient (Wildman–Crippen LogP) is 2.15. The minimum Gasteiger partial charge on any atom is -0.468 e. The second-order valence-electron chi connectivity index (χ2n) is 4.81. The van der Waals surface area contributed by atoms with E-state index in [4.69, 9.17) is 10.2 Å². The molecule has 1 aliphatic carbocycles. The van der Waals surface area contributed by atoms with Crippen LogP contribution in [0.25, 0.3) is 0 Å². The van der Waals surface area contributed by atoms with Crippen molar-refractivity contribution in [2.75, 3.05) is 0 Å². The highest BCUT2D eigenvalue weighted by atomic mass is 32.2. The monoisotopic (exact) mass is 312 g/mol. The maximum atomic E-state index is 12.7. The summed E-state index contributed by atoms with van der Waals surface area (Å²) in [5.74, 6) is 0.662. The molecule has 7 heteroatoms. The van der Waals surface area contributed by atoms with Crippen molar-refractivity contribution in [1.82, 2.24) is 4.31 Å². The Balaban J connectivity index is 1.89. The van der Waals surface area contributed by atoms with Gasteiger partial charge in [0.25, 0.3) is 0 Å². The lowest BCUT2D eigenvalue weighted by Gasteiger charge is -2.20. The van der Waals surface area contributed by atoms with Crippen LogP contribution in [0.5, 0.6) is 0 Å². The van der Waals surface area contributed by atoms with Gasteiger partial charge in [-0.05, 0) is 31.0 Å². The molecule has 2 heterocycles. The van der Waals surface area contributed by atoms with E-state index in [2.05, 4.69) is 0 Å². The molecule has 3 rings (SSSR count). The molecule has 0 amide bonds. The van der Waals surface area contributed by atoms with Gasteiger partial charge in [-0.25, -0.2) is 8.42 Å². The number of thiophene rings is 1. The summed E-state index contributed by atoms with van der Waals surface area (Å²) in [6.45, 7) is 0.648. The molecule has 2 N–H and O–H groups in total. The first kappa shape index (κ1) is 13.8. The van der Waals surface area contributed by atoms with Crippen LogP contribution in [0, 0.1) is 0 Å². The van der Waals surface area contributed by atoms with Gasteiger partial charge in [-0.15, -0.1) is 11.3 Å². The van der Waals surface area contributed by atoms with E-state index in [9.17, 15) is 8.42 Å². The van der Waals surface area contributed by atoms with E-state index in [1.165, 1.54) is 15.6 Å². The Morgan fingerprint density at radius 1 is 1.45 bits per heavy atom. The zero-order valence-electron chi connectivity index (χ0n) is 10.9. The van der Waals surface area contributed by atoms with Gasteiger partial charge in [0.2, 0.25) is 10.0 Å². The first-order valence-electron chi connectivity index (χ1n) is 6.43. The second kappa shape index (κ2) is 5.33. The predicted molar refractivity (Wildman–Crippen MR) is 76.7 cm³/mol. The van der Waals surface area contributed by atoms with Crippen LogP contribution in [-0.4, -0.2) is 18.8 Å². The summed E-state index contributed by atoms with van der Waals surface area (Å²) >= 11 is 1.38. The van der Waals surface area contributed by atoms with Crippen LogP contribution in [0.4, 0.5) is 0 Å². The first-order valence-corrected chi connectivity index (χ1v) is 8.75. The number of furan rings is 1. The van der Waals surface area contributed by atoms with Crippen LogP contribution >= 0.6 is 11.3 Å². The van der Waals surface area contributed by atoms with Crippen molar-refractivity contribution in [2.24, 2.45) is 5.73 Å². The number of sulfonamides is 1. The molecular formula is C13H16N2O3S2. The molecule has 0 atom stereocenters. The molecule has 0 spiro atoms. The average Bonchev–Trinajstić information content (AvgIpc) is 2.96. The van der Waals surface area contributed by atoms with Gasteiger partial charge in [-0.2, -0.15) is 4.31 Å². The highest BCUT2D eigenvalue weighted by Gasteiger charge is 2.38. The highest BCUT2D eigenvalue weighted by Crippen LogP contribution is 2.34. The van der Waals surface area contributed by atoms with Gasteiger partial charge in [0.1, 0.15) is 5.76 Å². The van der Waals surface area contributed by atoms with Gasteiger partial charge in [-0.3, -0.25) is 0 Å². The lowest BCUT2D eigenvalue weighted by atomic mass is 10.4. The van der Waals surface area contributed by atoms with Crippen LogP contribution in [0.2, 0.25) is 0 Å². The van der Waals surface area contributed by atoms with E-state index in [0.717, 1.165) is 17.7 Å². The normalized spacial score (nSPS) is 15.9. The van der Waals surface area contributed by atoms with Crippen LogP contribution in [0.1, 0.15) is 23.5 Å². The largest absolute Gasteiger partial charge is 0.468 e. The molecule has 2 aromatic rings. The third-order valence-electron chi connectivity index (χ3n) is 3.28. The fraction of sp³-hybridized carbons (Fsp3) is 0.385. The van der Waals surface area contributed by atoms with Crippen molar-refractivity contribution in [3.05, 3.63) is 40.5 Å². The zero-order chi connectivity index (χ0) is 14.2. The van der Waals surface area contributed by atoms with Crippen molar-refractivity contribution in [2.45, 2.75) is 36.9 Å². The molecule has 1 aliphatic rings. The Labute approximate surface area is 122 Å². The lowest BCUT2D eigenvalue weighted by Crippen LogP contribution is -2.32. The van der Waals surface area contributed by atoms with Gasteiger partial charge >= 0.3 is 0 Å². The molecule has 0 unspecified atom stereocenters. The molecule has 0 radical (unpaired) electrons. The molecule has 0 bridgehead atoms. The van der Waals surface area contributed by atoms with E-state index in [0.29, 0.717) is 17.2 Å². The third-order valence-corrected chi connectivity index (χ3v) is 6.27. The molecule has 0 saturated heterocycles. The Bertz CT molecular complexity index is 672. The molecule has 0 aliphatic heterocycles. The molecule has 1 saturated carbocycles. The molecule has 5 nitrogen and oxygen atoms in total. The summed E-state index contributed by atoms with van der Waals surface area (Å²) in [5.41, 5.74) is 5.55. The first-order chi connectivity index (χ1) is 9.61. The van der Waals surface area contributed by atoms with E-state index < -0.39 is 10.0 Å². The SMILES string of the molecule is NCc1cc(S(=O)(=O)N(Cc2ccco2)C2CC2)cs1. The number of hydrogen-bond donors (Lipinski definition) is 1. The Kier molecular flexibility index (Phi) is 3.68. The Hall–Kier alpha value is -1.15. The van der Waals surface area contributed by atoms with Gasteiger partial charge in [0.15, 0.2) is 0 Å². The van der Waals surface area contributed by atoms with Crippen molar-refractivity contribution in [3.63, 3.8) is 0 Å². The number of rotatable bonds is 6. The van der Waals surface area contributed by atoms with Gasteiger partial charge in [-0.1, -0.05) is 0 Å². The molecule has 20 heavy (non-hydrogen) atoms. The molecule has 0 aromatic carbocycles. The summed E-state index contributed by atoms with van der Waals surface area (Å²) in [5, 5.41) is 1.66. The average molecular weight is 312 g/mol. The van der Waals surface area contributed by atoms with E-state index >= 15 is 0 Å². The van der Waals surface area contributed by atoms with Crippen molar-refractivity contribution in [3.8, 4) is 0 Å². The standard InChI is InChI=1S/C13H16N2O3S2/c14-7-12-6-13(9-19-12)20(16,17)15(10-3-4-10)8-11-2-1-5-18-11/h1-2,5-6,9-10H,3-4,7-8,14H2. The smallest absolute Gasteiger partial charge is 0.244 e. The Morgan fingerprint density at radius 2 is 2.25 bits per heavy atom. The summed E-state index contributed by atoms with van der Waals surface area (Å²) in [6.07, 6.45) is 3.38. The minimum absolute atomic E-state index is 0.0892. The summed E-state index contributed by atoms with van der Waals surface area (Å²) < 4.78 is 32.3. The van der Waals surface area contributed by atoms with Crippen LogP contribution in [0.3, 0.4) is 0 Å². The maximum Gasteiger partial charge on any atom is 0.244 e. The summed E-state index contributed by atoms with van der Waals surface area (Å²) in [4.78, 5) is 1.21. The zero-order valence-corrected chi connectivity index (χ0v) is 12.5.